The molecule has 60 valence electrons. The van der Waals surface area contributed by atoms with Crippen LogP contribution >= 0.6 is 0 Å². The molecule has 11 heavy (non-hydrogen) atoms. The summed E-state index contributed by atoms with van der Waals surface area (Å²) in [6, 6.07) is 2.10. The normalized spacial score (nSPS) is 22.3. The zero-order valence-electron chi connectivity index (χ0n) is 6.97. The fourth-order valence-electron chi connectivity index (χ4n) is 2.05. The van der Waals surface area contributed by atoms with Crippen molar-refractivity contribution < 1.29 is 4.42 Å². The molecule has 1 aliphatic rings. The Labute approximate surface area is 67.4 Å². The first-order valence-corrected chi connectivity index (χ1v) is 4.34. The molecule has 0 unspecified atom stereocenters. The Kier molecular flexibility index (Phi) is 1.52. The second kappa shape index (κ2) is 2.40. The summed E-state index contributed by atoms with van der Waals surface area (Å²) in [5, 5.41) is 0. The molecule has 0 saturated heterocycles. The van der Waals surface area contributed by atoms with Crippen LogP contribution in [0.25, 0.3) is 0 Å². The van der Waals surface area contributed by atoms with Crippen molar-refractivity contribution in [3.63, 3.8) is 0 Å². The van der Waals surface area contributed by atoms with Crippen molar-refractivity contribution in [3.8, 4) is 0 Å². The topological polar surface area (TPSA) is 13.1 Å². The molecule has 0 amide bonds. The molecule has 1 saturated carbocycles. The molecular formula is C10H14O. The van der Waals surface area contributed by atoms with Crippen molar-refractivity contribution in [2.75, 3.05) is 0 Å². The van der Waals surface area contributed by atoms with Crippen molar-refractivity contribution in [2.24, 2.45) is 0 Å². The van der Waals surface area contributed by atoms with Gasteiger partial charge in [-0.1, -0.05) is 19.8 Å². The predicted molar refractivity (Wildman–Crippen MR) is 44.5 cm³/mol. The molecule has 1 aromatic heterocycles. The maximum absolute atomic E-state index is 5.09. The maximum Gasteiger partial charge on any atom is 0.0940 e. The fraction of sp³-hybridized carbons (Fsp3) is 0.600. The van der Waals surface area contributed by atoms with Crippen LogP contribution in [0.2, 0.25) is 0 Å². The SMILES string of the molecule is CC1(c2ccoc2)CCCC1. The van der Waals surface area contributed by atoms with Gasteiger partial charge in [-0.25, -0.2) is 0 Å². The van der Waals surface area contributed by atoms with Crippen LogP contribution in [-0.4, -0.2) is 0 Å². The van der Waals surface area contributed by atoms with Crippen LogP contribution in [0.5, 0.6) is 0 Å². The van der Waals surface area contributed by atoms with Gasteiger partial charge in [-0.05, 0) is 29.9 Å². The van der Waals surface area contributed by atoms with Crippen LogP contribution in [-0.2, 0) is 5.41 Å². The first-order chi connectivity index (χ1) is 5.31. The van der Waals surface area contributed by atoms with Crippen molar-refractivity contribution in [1.82, 2.24) is 0 Å². The van der Waals surface area contributed by atoms with Gasteiger partial charge in [-0.2, -0.15) is 0 Å². The molecule has 1 heteroatoms. The Morgan fingerprint density at radius 1 is 1.36 bits per heavy atom. The van der Waals surface area contributed by atoms with Gasteiger partial charge in [0, 0.05) is 0 Å². The molecule has 1 aliphatic carbocycles. The first-order valence-electron chi connectivity index (χ1n) is 4.34. The third-order valence-electron chi connectivity index (χ3n) is 2.93. The van der Waals surface area contributed by atoms with Gasteiger partial charge in [0.05, 0.1) is 12.5 Å². The molecule has 0 atom stereocenters. The highest BCUT2D eigenvalue weighted by atomic mass is 16.3. The average Bonchev–Trinajstić information content (AvgIpc) is 2.55. The van der Waals surface area contributed by atoms with Gasteiger partial charge in [0.2, 0.25) is 0 Å². The van der Waals surface area contributed by atoms with Gasteiger partial charge in [0.1, 0.15) is 0 Å². The lowest BCUT2D eigenvalue weighted by molar-refractivity contribution is 0.477. The summed E-state index contributed by atoms with van der Waals surface area (Å²) in [5.74, 6) is 0. The Hall–Kier alpha value is -0.720. The van der Waals surface area contributed by atoms with E-state index in [1.807, 2.05) is 6.26 Å². The highest BCUT2D eigenvalue weighted by Crippen LogP contribution is 2.40. The lowest BCUT2D eigenvalue weighted by atomic mass is 9.83. The Balaban J connectivity index is 2.27. The third kappa shape index (κ3) is 1.09. The zero-order chi connectivity index (χ0) is 7.73. The van der Waals surface area contributed by atoms with Crippen LogP contribution in [0.3, 0.4) is 0 Å². The van der Waals surface area contributed by atoms with Gasteiger partial charge in [-0.3, -0.25) is 0 Å². The molecule has 1 fully saturated rings. The summed E-state index contributed by atoms with van der Waals surface area (Å²) >= 11 is 0. The monoisotopic (exact) mass is 150 g/mol. The summed E-state index contributed by atoms with van der Waals surface area (Å²) in [6.07, 6.45) is 9.08. The smallest absolute Gasteiger partial charge is 0.0940 e. The maximum atomic E-state index is 5.09. The average molecular weight is 150 g/mol. The summed E-state index contributed by atoms with van der Waals surface area (Å²) in [6.45, 7) is 2.34. The van der Waals surface area contributed by atoms with E-state index in [1.54, 1.807) is 6.26 Å². The van der Waals surface area contributed by atoms with Gasteiger partial charge in [-0.15, -0.1) is 0 Å². The van der Waals surface area contributed by atoms with Crippen molar-refractivity contribution in [1.29, 1.82) is 0 Å². The highest BCUT2D eigenvalue weighted by molar-refractivity contribution is 5.20. The number of rotatable bonds is 1. The number of hydrogen-bond donors (Lipinski definition) is 0. The molecule has 0 spiro atoms. The molecule has 1 nitrogen and oxygen atoms in total. The van der Waals surface area contributed by atoms with E-state index in [-0.39, 0.29) is 0 Å². The van der Waals surface area contributed by atoms with E-state index in [2.05, 4.69) is 13.0 Å². The zero-order valence-corrected chi connectivity index (χ0v) is 6.97. The largest absolute Gasteiger partial charge is 0.472 e. The summed E-state index contributed by atoms with van der Waals surface area (Å²) in [7, 11) is 0. The molecule has 2 rings (SSSR count). The van der Waals surface area contributed by atoms with E-state index in [1.165, 1.54) is 31.2 Å². The van der Waals surface area contributed by atoms with Crippen LogP contribution in [0.4, 0.5) is 0 Å². The second-order valence-electron chi connectivity index (χ2n) is 3.78. The van der Waals surface area contributed by atoms with Crippen LogP contribution < -0.4 is 0 Å². The standard InChI is InChI=1S/C10H14O/c1-10(5-2-3-6-10)9-4-7-11-8-9/h4,7-8H,2-3,5-6H2,1H3. The minimum atomic E-state index is 0.424. The van der Waals surface area contributed by atoms with Crippen molar-refractivity contribution in [3.05, 3.63) is 24.2 Å². The van der Waals surface area contributed by atoms with Crippen LogP contribution in [0.1, 0.15) is 38.2 Å². The molecule has 0 aromatic carbocycles. The Morgan fingerprint density at radius 3 is 2.64 bits per heavy atom. The van der Waals surface area contributed by atoms with Gasteiger partial charge >= 0.3 is 0 Å². The van der Waals surface area contributed by atoms with Crippen molar-refractivity contribution in [2.45, 2.75) is 38.0 Å². The van der Waals surface area contributed by atoms with Gasteiger partial charge < -0.3 is 4.42 Å². The molecule has 1 heterocycles. The molecule has 0 bridgehead atoms. The van der Waals surface area contributed by atoms with Crippen LogP contribution in [0.15, 0.2) is 23.0 Å². The van der Waals surface area contributed by atoms with Gasteiger partial charge in [0.25, 0.3) is 0 Å². The lowest BCUT2D eigenvalue weighted by Gasteiger charge is -2.20. The number of furan rings is 1. The molecular weight excluding hydrogens is 136 g/mol. The summed E-state index contributed by atoms with van der Waals surface area (Å²) in [5.41, 5.74) is 1.81. The summed E-state index contributed by atoms with van der Waals surface area (Å²) in [4.78, 5) is 0. The van der Waals surface area contributed by atoms with E-state index in [4.69, 9.17) is 4.42 Å². The van der Waals surface area contributed by atoms with E-state index in [0.29, 0.717) is 5.41 Å². The van der Waals surface area contributed by atoms with E-state index < -0.39 is 0 Å². The van der Waals surface area contributed by atoms with Crippen LogP contribution in [0, 0.1) is 0 Å². The second-order valence-corrected chi connectivity index (χ2v) is 3.78. The Bertz CT molecular complexity index is 217. The third-order valence-corrected chi connectivity index (χ3v) is 2.93. The lowest BCUT2D eigenvalue weighted by Crippen LogP contribution is -2.15. The van der Waals surface area contributed by atoms with E-state index >= 15 is 0 Å². The Morgan fingerprint density at radius 2 is 2.09 bits per heavy atom. The first kappa shape index (κ1) is 6.96. The molecule has 0 aliphatic heterocycles. The predicted octanol–water partition coefficient (Wildman–Crippen LogP) is 3.11. The molecule has 0 radical (unpaired) electrons. The quantitative estimate of drug-likeness (QED) is 0.599. The highest BCUT2D eigenvalue weighted by Gasteiger charge is 2.30. The minimum absolute atomic E-state index is 0.424. The van der Waals surface area contributed by atoms with E-state index in [9.17, 15) is 0 Å². The minimum Gasteiger partial charge on any atom is -0.472 e. The molecule has 0 N–H and O–H groups in total. The van der Waals surface area contributed by atoms with E-state index in [0.717, 1.165) is 0 Å². The summed E-state index contributed by atoms with van der Waals surface area (Å²) < 4.78 is 5.09. The van der Waals surface area contributed by atoms with Crippen molar-refractivity contribution >= 4 is 0 Å². The fourth-order valence-corrected chi connectivity index (χ4v) is 2.05. The molecule has 1 aromatic rings. The number of hydrogen-bond acceptors (Lipinski definition) is 1. The van der Waals surface area contributed by atoms with Gasteiger partial charge in [0.15, 0.2) is 0 Å².